The fraction of sp³-hybridized carbons (Fsp3) is 0.241. The number of methoxy groups -OCH3 is 2. The van der Waals surface area contributed by atoms with Gasteiger partial charge in [0.2, 0.25) is 5.91 Å². The van der Waals surface area contributed by atoms with Gasteiger partial charge in [-0.15, -0.1) is 10.2 Å². The first-order chi connectivity index (χ1) is 19.5. The molecule has 0 unspecified atom stereocenters. The number of amides is 1. The topological polar surface area (TPSA) is 100 Å². The number of thioether (sulfide) groups is 1. The van der Waals surface area contributed by atoms with Crippen molar-refractivity contribution in [2.45, 2.75) is 25.0 Å². The Morgan fingerprint density at radius 3 is 2.58 bits per heavy atom. The molecule has 3 aromatic carbocycles. The van der Waals surface area contributed by atoms with E-state index in [0.29, 0.717) is 35.4 Å². The number of ether oxygens (including phenoxy) is 2. The van der Waals surface area contributed by atoms with Gasteiger partial charge in [0.1, 0.15) is 0 Å². The number of para-hydroxylation sites is 2. The number of carbonyl (C=O) groups is 1. The van der Waals surface area contributed by atoms with Crippen LogP contribution in [-0.4, -0.2) is 51.8 Å². The number of thiazole rings is 1. The SMILES string of the molecule is COc1ccc(CCNC(=O)CSc2nnc(Cn3c(=O)sc4ccccc43)n2-c2ccccc2C)cc1OC. The maximum Gasteiger partial charge on any atom is 0.308 e. The first kappa shape index (κ1) is 27.5. The largest absolute Gasteiger partial charge is 0.493 e. The summed E-state index contributed by atoms with van der Waals surface area (Å²) in [7, 11) is 3.20. The summed E-state index contributed by atoms with van der Waals surface area (Å²) in [6.45, 7) is 2.77. The van der Waals surface area contributed by atoms with E-state index in [1.54, 1.807) is 18.8 Å². The van der Waals surface area contributed by atoms with Gasteiger partial charge in [-0.25, -0.2) is 0 Å². The highest BCUT2D eigenvalue weighted by Crippen LogP contribution is 2.28. The molecule has 0 aliphatic rings. The van der Waals surface area contributed by atoms with Crippen molar-refractivity contribution in [2.75, 3.05) is 26.5 Å². The summed E-state index contributed by atoms with van der Waals surface area (Å²) in [4.78, 5) is 25.5. The van der Waals surface area contributed by atoms with Crippen LogP contribution in [0, 0.1) is 6.92 Å². The Morgan fingerprint density at radius 1 is 1.00 bits per heavy atom. The van der Waals surface area contributed by atoms with Crippen LogP contribution in [0.5, 0.6) is 11.5 Å². The van der Waals surface area contributed by atoms with Gasteiger partial charge in [-0.1, -0.05) is 59.5 Å². The minimum Gasteiger partial charge on any atom is -0.493 e. The molecule has 2 aromatic heterocycles. The van der Waals surface area contributed by atoms with Gasteiger partial charge >= 0.3 is 4.87 Å². The maximum atomic E-state index is 12.8. The van der Waals surface area contributed by atoms with Gasteiger partial charge in [-0.3, -0.25) is 18.7 Å². The van der Waals surface area contributed by atoms with Crippen molar-refractivity contribution in [3.63, 3.8) is 0 Å². The van der Waals surface area contributed by atoms with E-state index in [9.17, 15) is 9.59 Å². The van der Waals surface area contributed by atoms with Crippen LogP contribution in [0.15, 0.2) is 76.7 Å². The zero-order valence-corrected chi connectivity index (χ0v) is 24.1. The number of carbonyl (C=O) groups excluding carboxylic acids is 1. The molecule has 9 nitrogen and oxygen atoms in total. The number of nitrogens with zero attached hydrogens (tertiary/aromatic N) is 4. The summed E-state index contributed by atoms with van der Waals surface area (Å²) in [5.41, 5.74) is 3.84. The first-order valence-electron chi connectivity index (χ1n) is 12.7. The molecule has 5 aromatic rings. The number of nitrogens with one attached hydrogen (secondary N) is 1. The van der Waals surface area contributed by atoms with Crippen LogP contribution >= 0.6 is 23.1 Å². The van der Waals surface area contributed by atoms with E-state index in [-0.39, 0.29) is 23.1 Å². The molecule has 0 aliphatic heterocycles. The van der Waals surface area contributed by atoms with Crippen LogP contribution in [0.3, 0.4) is 0 Å². The molecule has 0 saturated heterocycles. The van der Waals surface area contributed by atoms with Crippen molar-refractivity contribution in [2.24, 2.45) is 0 Å². The van der Waals surface area contributed by atoms with E-state index in [1.165, 1.54) is 23.1 Å². The Bertz CT molecular complexity index is 1710. The second kappa shape index (κ2) is 12.4. The second-order valence-corrected chi connectivity index (χ2v) is 11.0. The lowest BCUT2D eigenvalue weighted by Crippen LogP contribution is -2.27. The number of aromatic nitrogens is 4. The summed E-state index contributed by atoms with van der Waals surface area (Å²) < 4.78 is 15.2. The zero-order chi connectivity index (χ0) is 28.1. The van der Waals surface area contributed by atoms with E-state index in [0.717, 1.165) is 27.0 Å². The molecule has 0 fully saturated rings. The van der Waals surface area contributed by atoms with Crippen LogP contribution < -0.4 is 19.7 Å². The summed E-state index contributed by atoms with van der Waals surface area (Å²) in [6.07, 6.45) is 0.656. The number of hydrogen-bond donors (Lipinski definition) is 1. The molecule has 1 N–H and O–H groups in total. The van der Waals surface area contributed by atoms with Gasteiger partial charge in [-0.2, -0.15) is 0 Å². The molecule has 0 spiro atoms. The van der Waals surface area contributed by atoms with Crippen molar-refractivity contribution >= 4 is 39.2 Å². The standard InChI is InChI=1S/C29H29N5O4S2/c1-19-8-4-5-9-21(19)34-26(17-33-22-10-6-7-11-25(22)40-29(33)36)31-32-28(34)39-18-27(35)30-15-14-20-12-13-23(37-2)24(16-20)38-3/h4-13,16H,14-15,17-18H2,1-3H3,(H,30,35). The Balaban J connectivity index is 1.30. The average Bonchev–Trinajstić information content (AvgIpc) is 3.52. The van der Waals surface area contributed by atoms with Crippen LogP contribution in [0.4, 0.5) is 0 Å². The van der Waals surface area contributed by atoms with Crippen LogP contribution in [0.2, 0.25) is 0 Å². The molecule has 40 heavy (non-hydrogen) atoms. The molecule has 2 heterocycles. The van der Waals surface area contributed by atoms with Crippen molar-refractivity contribution in [1.29, 1.82) is 0 Å². The quantitative estimate of drug-likeness (QED) is 0.232. The molecule has 0 aliphatic carbocycles. The van der Waals surface area contributed by atoms with E-state index < -0.39 is 0 Å². The average molecular weight is 576 g/mol. The fourth-order valence-electron chi connectivity index (χ4n) is 4.42. The second-order valence-electron chi connectivity index (χ2n) is 9.02. The Morgan fingerprint density at radius 2 is 1.77 bits per heavy atom. The lowest BCUT2D eigenvalue weighted by Gasteiger charge is -2.13. The molecule has 1 amide bonds. The van der Waals surface area contributed by atoms with Gasteiger partial charge in [0.15, 0.2) is 22.5 Å². The van der Waals surface area contributed by atoms with Gasteiger partial charge in [0.05, 0.1) is 42.4 Å². The van der Waals surface area contributed by atoms with Crippen LogP contribution in [0.1, 0.15) is 17.0 Å². The lowest BCUT2D eigenvalue weighted by molar-refractivity contribution is -0.118. The van der Waals surface area contributed by atoms with Gasteiger partial charge in [-0.05, 0) is 54.8 Å². The molecule has 11 heteroatoms. The monoisotopic (exact) mass is 575 g/mol. The molecule has 0 bridgehead atoms. The molecule has 206 valence electrons. The van der Waals surface area contributed by atoms with Crippen molar-refractivity contribution in [1.82, 2.24) is 24.6 Å². The minimum atomic E-state index is -0.105. The molecular weight excluding hydrogens is 546 g/mol. The van der Waals surface area contributed by atoms with Gasteiger partial charge < -0.3 is 14.8 Å². The molecule has 0 radical (unpaired) electrons. The highest BCUT2D eigenvalue weighted by Gasteiger charge is 2.19. The summed E-state index contributed by atoms with van der Waals surface area (Å²) in [5, 5.41) is 12.4. The zero-order valence-electron chi connectivity index (χ0n) is 22.4. The third-order valence-electron chi connectivity index (χ3n) is 6.45. The summed E-state index contributed by atoms with van der Waals surface area (Å²) in [5.74, 6) is 2.02. The van der Waals surface area contributed by atoms with Crippen LogP contribution in [0.25, 0.3) is 15.9 Å². The van der Waals surface area contributed by atoms with E-state index in [4.69, 9.17) is 9.47 Å². The van der Waals surface area contributed by atoms with Crippen molar-refractivity contribution in [3.05, 3.63) is 93.3 Å². The highest BCUT2D eigenvalue weighted by atomic mass is 32.2. The third-order valence-corrected chi connectivity index (χ3v) is 8.34. The fourth-order valence-corrected chi connectivity index (χ4v) is 6.11. The molecule has 5 rings (SSSR count). The number of hydrogen-bond acceptors (Lipinski definition) is 8. The maximum absolute atomic E-state index is 12.8. The Kier molecular flexibility index (Phi) is 8.51. The first-order valence-corrected chi connectivity index (χ1v) is 14.5. The third kappa shape index (κ3) is 5.90. The smallest absolute Gasteiger partial charge is 0.308 e. The van der Waals surface area contributed by atoms with E-state index in [1.807, 2.05) is 78.2 Å². The van der Waals surface area contributed by atoms with Gasteiger partial charge in [0.25, 0.3) is 0 Å². The van der Waals surface area contributed by atoms with Crippen molar-refractivity contribution < 1.29 is 14.3 Å². The number of fused-ring (bicyclic) bond motifs is 1. The molecule has 0 saturated carbocycles. The van der Waals surface area contributed by atoms with Gasteiger partial charge in [0, 0.05) is 6.54 Å². The van der Waals surface area contributed by atoms with E-state index in [2.05, 4.69) is 15.5 Å². The molecular formula is C29H29N5O4S2. The highest BCUT2D eigenvalue weighted by molar-refractivity contribution is 7.99. The van der Waals surface area contributed by atoms with Crippen LogP contribution in [-0.2, 0) is 17.8 Å². The van der Waals surface area contributed by atoms with E-state index >= 15 is 0 Å². The Hall–Kier alpha value is -4.09. The number of aryl methyl sites for hydroxylation is 1. The van der Waals surface area contributed by atoms with Crippen molar-refractivity contribution in [3.8, 4) is 17.2 Å². The summed E-state index contributed by atoms with van der Waals surface area (Å²) in [6, 6.07) is 21.4. The number of benzene rings is 3. The lowest BCUT2D eigenvalue weighted by atomic mass is 10.1. The normalized spacial score (nSPS) is 11.1. The number of rotatable bonds is 11. The predicted molar refractivity (Wildman–Crippen MR) is 158 cm³/mol. The molecule has 0 atom stereocenters. The summed E-state index contributed by atoms with van der Waals surface area (Å²) >= 11 is 2.53. The Labute approximate surface area is 239 Å². The minimum absolute atomic E-state index is 0.0522. The predicted octanol–water partition coefficient (Wildman–Crippen LogP) is 4.47.